The molecular weight excluding hydrogens is 312 g/mol. The lowest BCUT2D eigenvalue weighted by Crippen LogP contribution is -2.48. The Morgan fingerprint density at radius 2 is 1.92 bits per heavy atom. The van der Waals surface area contributed by atoms with E-state index in [0.717, 1.165) is 63.5 Å². The van der Waals surface area contributed by atoms with Crippen molar-refractivity contribution < 1.29 is 4.79 Å². The minimum absolute atomic E-state index is 0.103. The fraction of sp³-hybridized carbons (Fsp3) is 0.750. The molecule has 5 nitrogen and oxygen atoms in total. The van der Waals surface area contributed by atoms with Crippen LogP contribution in [0.3, 0.4) is 0 Å². The Kier molecular flexibility index (Phi) is 4.91. The van der Waals surface area contributed by atoms with Gasteiger partial charge in [0, 0.05) is 44.0 Å². The Bertz CT molecular complexity index is 587. The van der Waals surface area contributed by atoms with Crippen LogP contribution in [0.5, 0.6) is 0 Å². The summed E-state index contributed by atoms with van der Waals surface area (Å²) in [5, 5.41) is 0. The average molecular weight is 342 g/mol. The Morgan fingerprint density at radius 3 is 2.72 bits per heavy atom. The van der Waals surface area contributed by atoms with E-state index in [1.165, 1.54) is 32.1 Å². The molecule has 1 aromatic heterocycles. The summed E-state index contributed by atoms with van der Waals surface area (Å²) in [5.74, 6) is 2.10. The smallest absolute Gasteiger partial charge is 0.223 e. The molecule has 2 saturated heterocycles. The number of carbonyl (C=O) groups is 1. The van der Waals surface area contributed by atoms with E-state index in [4.69, 9.17) is 0 Å². The molecule has 136 valence electrons. The van der Waals surface area contributed by atoms with Crippen LogP contribution in [0.1, 0.15) is 64.2 Å². The van der Waals surface area contributed by atoms with Crippen molar-refractivity contribution in [3.8, 4) is 0 Å². The molecule has 1 aliphatic carbocycles. The molecule has 2 aliphatic heterocycles. The van der Waals surface area contributed by atoms with Crippen LogP contribution >= 0.6 is 0 Å². The monoisotopic (exact) mass is 342 g/mol. The minimum atomic E-state index is 0.103. The number of aromatic nitrogens is 2. The van der Waals surface area contributed by atoms with Crippen molar-refractivity contribution in [2.24, 2.45) is 5.92 Å². The zero-order valence-electron chi connectivity index (χ0n) is 15.2. The van der Waals surface area contributed by atoms with Gasteiger partial charge in [0.15, 0.2) is 0 Å². The molecule has 3 fully saturated rings. The van der Waals surface area contributed by atoms with Crippen LogP contribution < -0.4 is 4.90 Å². The summed E-state index contributed by atoms with van der Waals surface area (Å²) in [6.07, 6.45) is 17.2. The summed E-state index contributed by atoms with van der Waals surface area (Å²) < 4.78 is 0. The quantitative estimate of drug-likeness (QED) is 0.845. The van der Waals surface area contributed by atoms with E-state index in [2.05, 4.69) is 19.8 Å². The highest BCUT2D eigenvalue weighted by molar-refractivity contribution is 5.79. The molecule has 1 saturated carbocycles. The van der Waals surface area contributed by atoms with Crippen LogP contribution in [-0.2, 0) is 4.79 Å². The summed E-state index contributed by atoms with van der Waals surface area (Å²) >= 11 is 0. The SMILES string of the molecule is O=C1CC[C@@]2(CCCN(c3cnccn3)CC2)N1CC1CCCCC1. The van der Waals surface area contributed by atoms with Gasteiger partial charge < -0.3 is 9.80 Å². The van der Waals surface area contributed by atoms with Gasteiger partial charge in [0.05, 0.1) is 6.20 Å². The van der Waals surface area contributed by atoms with E-state index in [0.29, 0.717) is 5.91 Å². The highest BCUT2D eigenvalue weighted by atomic mass is 16.2. The highest BCUT2D eigenvalue weighted by Crippen LogP contribution is 2.41. The van der Waals surface area contributed by atoms with Crippen molar-refractivity contribution in [3.63, 3.8) is 0 Å². The minimum Gasteiger partial charge on any atom is -0.355 e. The molecule has 3 aliphatic rings. The van der Waals surface area contributed by atoms with Crippen molar-refractivity contribution in [3.05, 3.63) is 18.6 Å². The third-order valence-electron chi connectivity index (χ3n) is 6.63. The molecular formula is C20H30N4O. The number of likely N-dealkylation sites (tertiary alicyclic amines) is 1. The van der Waals surface area contributed by atoms with Crippen molar-refractivity contribution in [2.75, 3.05) is 24.5 Å². The fourth-order valence-corrected chi connectivity index (χ4v) is 5.18. The summed E-state index contributed by atoms with van der Waals surface area (Å²) in [6.45, 7) is 3.00. The molecule has 0 radical (unpaired) electrons. The Morgan fingerprint density at radius 1 is 1.04 bits per heavy atom. The number of amides is 1. The third kappa shape index (κ3) is 3.51. The molecule has 3 heterocycles. The number of hydrogen-bond donors (Lipinski definition) is 0. The van der Waals surface area contributed by atoms with Gasteiger partial charge in [-0.15, -0.1) is 0 Å². The topological polar surface area (TPSA) is 49.3 Å². The second-order valence-corrected chi connectivity index (χ2v) is 8.14. The maximum Gasteiger partial charge on any atom is 0.223 e. The number of anilines is 1. The first-order chi connectivity index (χ1) is 12.3. The molecule has 25 heavy (non-hydrogen) atoms. The van der Waals surface area contributed by atoms with Crippen LogP contribution in [0.15, 0.2) is 18.6 Å². The maximum absolute atomic E-state index is 12.7. The fourth-order valence-electron chi connectivity index (χ4n) is 5.18. The van der Waals surface area contributed by atoms with Gasteiger partial charge >= 0.3 is 0 Å². The third-order valence-corrected chi connectivity index (χ3v) is 6.63. The molecule has 0 unspecified atom stereocenters. The maximum atomic E-state index is 12.7. The summed E-state index contributed by atoms with van der Waals surface area (Å²) in [4.78, 5) is 26.0. The van der Waals surface area contributed by atoms with Crippen molar-refractivity contribution in [2.45, 2.75) is 69.7 Å². The normalized spacial score (nSPS) is 28.6. The van der Waals surface area contributed by atoms with Crippen LogP contribution in [0.2, 0.25) is 0 Å². The van der Waals surface area contributed by atoms with Crippen molar-refractivity contribution in [1.82, 2.24) is 14.9 Å². The predicted molar refractivity (Wildman–Crippen MR) is 98.3 cm³/mol. The molecule has 1 aromatic rings. The number of nitrogens with zero attached hydrogens (tertiary/aromatic N) is 4. The number of hydrogen-bond acceptors (Lipinski definition) is 4. The molecule has 1 amide bonds. The van der Waals surface area contributed by atoms with Gasteiger partial charge in [-0.05, 0) is 44.4 Å². The van der Waals surface area contributed by atoms with E-state index in [-0.39, 0.29) is 5.54 Å². The Labute approximate surface area is 150 Å². The molecule has 1 spiro atoms. The molecule has 0 N–H and O–H groups in total. The Balaban J connectivity index is 1.46. The number of carbonyl (C=O) groups excluding carboxylic acids is 1. The van der Waals surface area contributed by atoms with Crippen LogP contribution in [-0.4, -0.2) is 45.9 Å². The first-order valence-corrected chi connectivity index (χ1v) is 10.1. The summed E-state index contributed by atoms with van der Waals surface area (Å²) in [6, 6.07) is 0. The van der Waals surface area contributed by atoms with E-state index in [1.54, 1.807) is 12.4 Å². The first kappa shape index (κ1) is 16.8. The van der Waals surface area contributed by atoms with Crippen molar-refractivity contribution >= 4 is 11.7 Å². The Hall–Kier alpha value is -1.65. The van der Waals surface area contributed by atoms with Gasteiger partial charge in [0.25, 0.3) is 0 Å². The van der Waals surface area contributed by atoms with Gasteiger partial charge in [-0.25, -0.2) is 4.98 Å². The van der Waals surface area contributed by atoms with Gasteiger partial charge in [0.2, 0.25) is 5.91 Å². The van der Waals surface area contributed by atoms with Crippen LogP contribution in [0.4, 0.5) is 5.82 Å². The number of rotatable bonds is 3. The zero-order chi connectivity index (χ0) is 17.1. The van der Waals surface area contributed by atoms with E-state index in [1.807, 2.05) is 6.20 Å². The zero-order valence-corrected chi connectivity index (χ0v) is 15.2. The lowest BCUT2D eigenvalue weighted by Gasteiger charge is -2.41. The van der Waals surface area contributed by atoms with Crippen LogP contribution in [0, 0.1) is 5.92 Å². The lowest BCUT2D eigenvalue weighted by molar-refractivity contribution is -0.132. The first-order valence-electron chi connectivity index (χ1n) is 10.1. The van der Waals surface area contributed by atoms with E-state index in [9.17, 15) is 4.79 Å². The highest BCUT2D eigenvalue weighted by Gasteiger charge is 2.46. The second kappa shape index (κ2) is 7.30. The second-order valence-electron chi connectivity index (χ2n) is 8.14. The molecule has 1 atom stereocenters. The van der Waals surface area contributed by atoms with E-state index < -0.39 is 0 Å². The van der Waals surface area contributed by atoms with Gasteiger partial charge in [-0.2, -0.15) is 0 Å². The van der Waals surface area contributed by atoms with Gasteiger partial charge in [-0.1, -0.05) is 19.3 Å². The molecule has 0 bridgehead atoms. The predicted octanol–water partition coefficient (Wildman–Crippen LogP) is 3.41. The molecule has 0 aromatic carbocycles. The average Bonchev–Trinajstić information content (AvgIpc) is 2.84. The van der Waals surface area contributed by atoms with Gasteiger partial charge in [0.1, 0.15) is 5.82 Å². The van der Waals surface area contributed by atoms with E-state index >= 15 is 0 Å². The molecule has 5 heteroatoms. The van der Waals surface area contributed by atoms with Crippen LogP contribution in [0.25, 0.3) is 0 Å². The lowest BCUT2D eigenvalue weighted by atomic mass is 9.84. The summed E-state index contributed by atoms with van der Waals surface area (Å²) in [7, 11) is 0. The largest absolute Gasteiger partial charge is 0.355 e. The standard InChI is InChI=1S/C20H30N4O/c25-19-7-9-20(24(19)16-17-5-2-1-3-6-17)8-4-13-23(14-10-20)18-15-21-11-12-22-18/h11-12,15,17H,1-10,13-14,16H2/t20-/m1/s1. The van der Waals surface area contributed by atoms with Crippen molar-refractivity contribution in [1.29, 1.82) is 0 Å². The van der Waals surface area contributed by atoms with Gasteiger partial charge in [-0.3, -0.25) is 9.78 Å². The summed E-state index contributed by atoms with van der Waals surface area (Å²) in [5.41, 5.74) is 0.103. The molecule has 4 rings (SSSR count).